The number of nitrogens with two attached hydrogens (primary N) is 1. The molecule has 0 spiro atoms. The smallest absolute Gasteiger partial charge is 0.225 e. The first kappa shape index (κ1) is 8.45. The van der Waals surface area contributed by atoms with E-state index in [1.165, 1.54) is 23.5 Å². The molecule has 60 valence electrons. The van der Waals surface area contributed by atoms with Crippen LogP contribution in [0.5, 0.6) is 0 Å². The van der Waals surface area contributed by atoms with E-state index in [9.17, 15) is 8.42 Å². The monoisotopic (exact) mass is 189 g/mol. The predicted molar refractivity (Wildman–Crippen MR) is 45.8 cm³/mol. The van der Waals surface area contributed by atoms with Gasteiger partial charge in [-0.3, -0.25) is 0 Å². The van der Waals surface area contributed by atoms with Crippen LogP contribution in [0.25, 0.3) is 6.08 Å². The van der Waals surface area contributed by atoms with E-state index in [1.54, 1.807) is 5.38 Å². The van der Waals surface area contributed by atoms with E-state index < -0.39 is 10.0 Å². The van der Waals surface area contributed by atoms with Crippen LogP contribution in [-0.2, 0) is 10.0 Å². The molecule has 0 unspecified atom stereocenters. The Bertz CT molecular complexity index is 364. The zero-order valence-electron chi connectivity index (χ0n) is 5.65. The maximum Gasteiger partial charge on any atom is 0.239 e. The molecule has 1 aromatic heterocycles. The molecule has 0 amide bonds. The van der Waals surface area contributed by atoms with Crippen LogP contribution in [0, 0.1) is 0 Å². The molecule has 5 heteroatoms. The molecule has 0 atom stereocenters. The van der Waals surface area contributed by atoms with Gasteiger partial charge in [-0.2, -0.15) is 0 Å². The van der Waals surface area contributed by atoms with E-state index in [-0.39, 0.29) is 4.90 Å². The van der Waals surface area contributed by atoms with Crippen molar-refractivity contribution >= 4 is 27.4 Å². The van der Waals surface area contributed by atoms with E-state index in [0.717, 1.165) is 0 Å². The zero-order chi connectivity index (χ0) is 8.48. The van der Waals surface area contributed by atoms with Crippen molar-refractivity contribution in [2.45, 2.75) is 4.90 Å². The lowest BCUT2D eigenvalue weighted by Crippen LogP contribution is -2.11. The summed E-state index contributed by atoms with van der Waals surface area (Å²) in [6, 6.07) is 1.47. The second-order valence-corrected chi connectivity index (χ2v) is 4.38. The van der Waals surface area contributed by atoms with Gasteiger partial charge in [0, 0.05) is 4.88 Å². The van der Waals surface area contributed by atoms with Gasteiger partial charge in [-0.15, -0.1) is 11.3 Å². The molecule has 3 nitrogen and oxygen atoms in total. The molecule has 0 aromatic carbocycles. The minimum Gasteiger partial charge on any atom is -0.225 e. The summed E-state index contributed by atoms with van der Waals surface area (Å²) in [4.78, 5) is 0.741. The lowest BCUT2D eigenvalue weighted by atomic mass is 10.5. The number of hydrogen-bond acceptors (Lipinski definition) is 3. The first-order chi connectivity index (χ1) is 5.05. The van der Waals surface area contributed by atoms with Crippen LogP contribution in [0.15, 0.2) is 22.9 Å². The molecule has 1 aromatic rings. The summed E-state index contributed by atoms with van der Waals surface area (Å²) in [5.41, 5.74) is 0. The van der Waals surface area contributed by atoms with E-state index in [4.69, 9.17) is 5.14 Å². The fourth-order valence-corrected chi connectivity index (χ4v) is 2.52. The minimum atomic E-state index is -3.56. The Kier molecular flexibility index (Phi) is 2.12. The molecule has 0 aliphatic carbocycles. The Morgan fingerprint density at radius 3 is 2.64 bits per heavy atom. The summed E-state index contributed by atoms with van der Waals surface area (Å²) < 4.78 is 21.6. The van der Waals surface area contributed by atoms with Gasteiger partial charge >= 0.3 is 0 Å². The molecule has 11 heavy (non-hydrogen) atoms. The predicted octanol–water partition coefficient (Wildman–Crippen LogP) is 1.04. The minimum absolute atomic E-state index is 0.150. The van der Waals surface area contributed by atoms with Gasteiger partial charge in [0.15, 0.2) is 0 Å². The quantitative estimate of drug-likeness (QED) is 0.755. The maximum atomic E-state index is 10.8. The van der Waals surface area contributed by atoms with Crippen LogP contribution in [0.1, 0.15) is 4.88 Å². The van der Waals surface area contributed by atoms with Gasteiger partial charge in [0.2, 0.25) is 10.0 Å². The lowest BCUT2D eigenvalue weighted by Gasteiger charge is -1.93. The van der Waals surface area contributed by atoms with Crippen LogP contribution in [-0.4, -0.2) is 8.42 Å². The number of primary sulfonamides is 1. The average molecular weight is 189 g/mol. The number of thiophene rings is 1. The second-order valence-electron chi connectivity index (χ2n) is 1.90. The second kappa shape index (κ2) is 2.77. The third-order valence-electron chi connectivity index (χ3n) is 1.15. The van der Waals surface area contributed by atoms with Gasteiger partial charge in [0.25, 0.3) is 0 Å². The zero-order valence-corrected chi connectivity index (χ0v) is 7.28. The highest BCUT2D eigenvalue weighted by Crippen LogP contribution is 2.21. The van der Waals surface area contributed by atoms with Gasteiger partial charge in [-0.1, -0.05) is 12.7 Å². The molecule has 0 saturated carbocycles. The Morgan fingerprint density at radius 2 is 2.27 bits per heavy atom. The maximum absolute atomic E-state index is 10.8. The van der Waals surface area contributed by atoms with Crippen molar-refractivity contribution in [3.8, 4) is 0 Å². The van der Waals surface area contributed by atoms with Crippen LogP contribution in [0.4, 0.5) is 0 Å². The fourth-order valence-electron chi connectivity index (χ4n) is 0.693. The van der Waals surface area contributed by atoms with E-state index >= 15 is 0 Å². The van der Waals surface area contributed by atoms with E-state index in [2.05, 4.69) is 6.58 Å². The number of rotatable bonds is 2. The third kappa shape index (κ3) is 1.68. The normalized spacial score (nSPS) is 11.4. The largest absolute Gasteiger partial charge is 0.239 e. The summed E-state index contributed by atoms with van der Waals surface area (Å²) >= 11 is 1.30. The highest BCUT2D eigenvalue weighted by atomic mass is 32.2. The van der Waals surface area contributed by atoms with Crippen molar-refractivity contribution < 1.29 is 8.42 Å². The molecule has 1 rings (SSSR count). The van der Waals surface area contributed by atoms with Gasteiger partial charge in [-0.25, -0.2) is 13.6 Å². The molecule has 2 N–H and O–H groups in total. The van der Waals surface area contributed by atoms with Crippen molar-refractivity contribution in [3.05, 3.63) is 22.9 Å². The standard InChI is InChI=1S/C6H7NO2S2/c1-2-5-6(3-4-10-5)11(7,8)9/h2-4H,1H2,(H2,7,8,9). The molecule has 1 heterocycles. The first-order valence-corrected chi connectivity index (χ1v) is 5.21. The van der Waals surface area contributed by atoms with Crippen molar-refractivity contribution in [3.63, 3.8) is 0 Å². The highest BCUT2D eigenvalue weighted by molar-refractivity contribution is 7.89. The molecule has 0 radical (unpaired) electrons. The molecule has 0 bridgehead atoms. The van der Waals surface area contributed by atoms with Crippen LogP contribution < -0.4 is 5.14 Å². The summed E-state index contributed by atoms with van der Waals surface area (Å²) in [5.74, 6) is 0. The van der Waals surface area contributed by atoms with Gasteiger partial charge < -0.3 is 0 Å². The Morgan fingerprint density at radius 1 is 1.64 bits per heavy atom. The van der Waals surface area contributed by atoms with Crippen LogP contribution in [0.3, 0.4) is 0 Å². The lowest BCUT2D eigenvalue weighted by molar-refractivity contribution is 0.598. The van der Waals surface area contributed by atoms with Crippen molar-refractivity contribution in [1.82, 2.24) is 0 Å². The SMILES string of the molecule is C=Cc1sccc1S(N)(=O)=O. The van der Waals surface area contributed by atoms with Crippen molar-refractivity contribution in [1.29, 1.82) is 0 Å². The molecular weight excluding hydrogens is 182 g/mol. The Hall–Kier alpha value is -0.650. The average Bonchev–Trinajstić information content (AvgIpc) is 2.31. The van der Waals surface area contributed by atoms with Gasteiger partial charge in [-0.05, 0) is 11.4 Å². The fraction of sp³-hybridized carbons (Fsp3) is 0. The first-order valence-electron chi connectivity index (χ1n) is 2.78. The number of hydrogen-bond donors (Lipinski definition) is 1. The summed E-state index contributed by atoms with van der Waals surface area (Å²) in [6.07, 6.45) is 1.48. The summed E-state index contributed by atoms with van der Waals surface area (Å²) in [7, 11) is -3.56. The molecule has 0 saturated heterocycles. The van der Waals surface area contributed by atoms with Gasteiger partial charge in [0.05, 0.1) is 4.90 Å². The highest BCUT2D eigenvalue weighted by Gasteiger charge is 2.12. The van der Waals surface area contributed by atoms with Crippen LogP contribution in [0.2, 0.25) is 0 Å². The van der Waals surface area contributed by atoms with Gasteiger partial charge in [0.1, 0.15) is 0 Å². The van der Waals surface area contributed by atoms with Crippen molar-refractivity contribution in [2.24, 2.45) is 5.14 Å². The van der Waals surface area contributed by atoms with Crippen LogP contribution >= 0.6 is 11.3 Å². The molecule has 0 aliphatic rings. The molecule has 0 fully saturated rings. The van der Waals surface area contributed by atoms with E-state index in [0.29, 0.717) is 4.88 Å². The number of sulfonamides is 1. The van der Waals surface area contributed by atoms with Crippen molar-refractivity contribution in [2.75, 3.05) is 0 Å². The summed E-state index contributed by atoms with van der Waals surface area (Å²) in [5, 5.41) is 6.57. The molecular formula is C6H7NO2S2. The summed E-state index contributed by atoms with van der Waals surface area (Å²) in [6.45, 7) is 3.47. The Balaban J connectivity index is 3.35. The third-order valence-corrected chi connectivity index (χ3v) is 3.16. The Labute approximate surface area is 69.2 Å². The topological polar surface area (TPSA) is 60.2 Å². The molecule has 0 aliphatic heterocycles. The van der Waals surface area contributed by atoms with E-state index in [1.807, 2.05) is 0 Å².